The molecule has 2 N–H and O–H groups in total. The Labute approximate surface area is 174 Å². The highest BCUT2D eigenvalue weighted by Gasteiger charge is 2.10. The third kappa shape index (κ3) is 7.38. The second kappa shape index (κ2) is 10.9. The van der Waals surface area contributed by atoms with E-state index in [9.17, 15) is 9.59 Å². The molecule has 150 valence electrons. The zero-order valence-electron chi connectivity index (χ0n) is 15.8. The van der Waals surface area contributed by atoms with Gasteiger partial charge < -0.3 is 15.4 Å². The second-order valence-electron chi connectivity index (χ2n) is 6.10. The molecule has 2 amide bonds. The third-order valence-corrected chi connectivity index (χ3v) is 4.39. The van der Waals surface area contributed by atoms with Gasteiger partial charge in [-0.05, 0) is 49.0 Å². The van der Waals surface area contributed by atoms with Crippen LogP contribution in [0.15, 0.2) is 42.5 Å². The van der Waals surface area contributed by atoms with Crippen LogP contribution in [0.25, 0.3) is 0 Å². The van der Waals surface area contributed by atoms with Gasteiger partial charge in [-0.25, -0.2) is 0 Å². The van der Waals surface area contributed by atoms with Crippen molar-refractivity contribution in [1.29, 1.82) is 0 Å². The summed E-state index contributed by atoms with van der Waals surface area (Å²) >= 11 is 11.9. The molecule has 6 nitrogen and oxygen atoms in total. The fraction of sp³-hybridized carbons (Fsp3) is 0.300. The molecule has 0 saturated carbocycles. The first kappa shape index (κ1) is 22.0. The summed E-state index contributed by atoms with van der Waals surface area (Å²) in [6.07, 6.45) is 0. The van der Waals surface area contributed by atoms with Gasteiger partial charge in [-0.2, -0.15) is 0 Å². The summed E-state index contributed by atoms with van der Waals surface area (Å²) in [4.78, 5) is 25.3. The minimum atomic E-state index is -0.141. The Morgan fingerprint density at radius 2 is 1.68 bits per heavy atom. The van der Waals surface area contributed by atoms with Crippen molar-refractivity contribution >= 4 is 46.4 Å². The highest BCUT2D eigenvalue weighted by atomic mass is 35.5. The van der Waals surface area contributed by atoms with Crippen LogP contribution >= 0.6 is 23.2 Å². The molecule has 0 saturated heterocycles. The van der Waals surface area contributed by atoms with Crippen molar-refractivity contribution in [3.8, 4) is 5.75 Å². The SMILES string of the molecule is CCN(CCOc1ccc(Cl)cc1Cl)CC(=O)Nc1ccc(NC(C)=O)cc1. The zero-order valence-corrected chi connectivity index (χ0v) is 17.3. The van der Waals surface area contributed by atoms with E-state index in [1.807, 2.05) is 11.8 Å². The van der Waals surface area contributed by atoms with Gasteiger partial charge in [0, 0.05) is 29.9 Å². The Balaban J connectivity index is 1.79. The van der Waals surface area contributed by atoms with Gasteiger partial charge >= 0.3 is 0 Å². The molecule has 0 fully saturated rings. The fourth-order valence-corrected chi connectivity index (χ4v) is 2.93. The lowest BCUT2D eigenvalue weighted by Gasteiger charge is -2.20. The van der Waals surface area contributed by atoms with Crippen molar-refractivity contribution in [2.45, 2.75) is 13.8 Å². The molecule has 0 atom stereocenters. The lowest BCUT2D eigenvalue weighted by molar-refractivity contribution is -0.117. The van der Waals surface area contributed by atoms with E-state index in [4.69, 9.17) is 27.9 Å². The molecule has 0 bridgehead atoms. The van der Waals surface area contributed by atoms with Crippen LogP contribution in [0.1, 0.15) is 13.8 Å². The van der Waals surface area contributed by atoms with Gasteiger partial charge in [-0.15, -0.1) is 0 Å². The molecule has 0 aliphatic heterocycles. The molecular formula is C20H23Cl2N3O3. The summed E-state index contributed by atoms with van der Waals surface area (Å²) in [5, 5.41) is 6.53. The largest absolute Gasteiger partial charge is 0.491 e. The highest BCUT2D eigenvalue weighted by molar-refractivity contribution is 6.35. The van der Waals surface area contributed by atoms with Gasteiger partial charge in [0.05, 0.1) is 11.6 Å². The van der Waals surface area contributed by atoms with E-state index in [-0.39, 0.29) is 18.4 Å². The standard InChI is InChI=1S/C20H23Cl2N3O3/c1-3-25(10-11-28-19-9-4-15(21)12-18(19)22)13-20(27)24-17-7-5-16(6-8-17)23-14(2)26/h4-9,12H,3,10-11,13H2,1-2H3,(H,23,26)(H,24,27). The predicted molar refractivity (Wildman–Crippen MR) is 113 cm³/mol. The number of hydrogen-bond donors (Lipinski definition) is 2. The topological polar surface area (TPSA) is 70.7 Å². The Kier molecular flexibility index (Phi) is 8.57. The minimum Gasteiger partial charge on any atom is -0.491 e. The molecule has 2 aromatic carbocycles. The minimum absolute atomic E-state index is 0.126. The Bertz CT molecular complexity index is 813. The molecule has 0 aromatic heterocycles. The lowest BCUT2D eigenvalue weighted by atomic mass is 10.2. The van der Waals surface area contributed by atoms with Gasteiger partial charge in [0.1, 0.15) is 12.4 Å². The molecule has 0 aliphatic carbocycles. The molecular weight excluding hydrogens is 401 g/mol. The Morgan fingerprint density at radius 1 is 1.04 bits per heavy atom. The molecule has 8 heteroatoms. The van der Waals surface area contributed by atoms with E-state index in [0.29, 0.717) is 46.9 Å². The van der Waals surface area contributed by atoms with Crippen molar-refractivity contribution in [1.82, 2.24) is 4.90 Å². The van der Waals surface area contributed by atoms with Crippen LogP contribution in [0.5, 0.6) is 5.75 Å². The zero-order chi connectivity index (χ0) is 20.5. The first-order chi connectivity index (χ1) is 13.4. The van der Waals surface area contributed by atoms with Crippen LogP contribution < -0.4 is 15.4 Å². The Hall–Kier alpha value is -2.28. The molecule has 28 heavy (non-hydrogen) atoms. The van der Waals surface area contributed by atoms with Crippen molar-refractivity contribution in [3.63, 3.8) is 0 Å². The monoisotopic (exact) mass is 423 g/mol. The number of nitrogens with zero attached hydrogens (tertiary/aromatic N) is 1. The van der Waals surface area contributed by atoms with Crippen LogP contribution in [0.4, 0.5) is 11.4 Å². The molecule has 0 heterocycles. The van der Waals surface area contributed by atoms with Crippen LogP contribution in [0, 0.1) is 0 Å². The maximum Gasteiger partial charge on any atom is 0.238 e. The molecule has 0 unspecified atom stereocenters. The fourth-order valence-electron chi connectivity index (χ4n) is 2.47. The maximum atomic E-state index is 12.3. The second-order valence-corrected chi connectivity index (χ2v) is 6.94. The third-order valence-electron chi connectivity index (χ3n) is 3.86. The van der Waals surface area contributed by atoms with Crippen LogP contribution in [-0.2, 0) is 9.59 Å². The van der Waals surface area contributed by atoms with Crippen molar-refractivity contribution in [3.05, 3.63) is 52.5 Å². The van der Waals surface area contributed by atoms with Crippen LogP contribution in [0.3, 0.4) is 0 Å². The highest BCUT2D eigenvalue weighted by Crippen LogP contribution is 2.27. The lowest BCUT2D eigenvalue weighted by Crippen LogP contribution is -2.35. The number of likely N-dealkylation sites (N-methyl/N-ethyl adjacent to an activating group) is 1. The van der Waals surface area contributed by atoms with Crippen LogP contribution in [0.2, 0.25) is 10.0 Å². The number of benzene rings is 2. The maximum absolute atomic E-state index is 12.3. The van der Waals surface area contributed by atoms with Gasteiger partial charge in [0.2, 0.25) is 11.8 Å². The van der Waals surface area contributed by atoms with Crippen molar-refractivity contribution in [2.75, 3.05) is 36.9 Å². The smallest absolute Gasteiger partial charge is 0.238 e. The first-order valence-corrected chi connectivity index (χ1v) is 9.60. The van der Waals surface area contributed by atoms with Crippen LogP contribution in [-0.4, -0.2) is 43.0 Å². The summed E-state index contributed by atoms with van der Waals surface area (Å²) in [6, 6.07) is 12.0. The predicted octanol–water partition coefficient (Wildman–Crippen LogP) is 4.29. The van der Waals surface area contributed by atoms with Crippen molar-refractivity contribution in [2.24, 2.45) is 0 Å². The average molecular weight is 424 g/mol. The van der Waals surface area contributed by atoms with E-state index in [0.717, 1.165) is 0 Å². The van der Waals surface area contributed by atoms with Gasteiger partial charge in [0.15, 0.2) is 0 Å². The summed E-state index contributed by atoms with van der Waals surface area (Å²) in [6.45, 7) is 5.33. The molecule has 2 rings (SSSR count). The molecule has 0 aliphatic rings. The number of hydrogen-bond acceptors (Lipinski definition) is 4. The van der Waals surface area contributed by atoms with Crippen molar-refractivity contribution < 1.29 is 14.3 Å². The van der Waals surface area contributed by atoms with E-state index in [2.05, 4.69) is 10.6 Å². The summed E-state index contributed by atoms with van der Waals surface area (Å²) in [7, 11) is 0. The van der Waals surface area contributed by atoms with Gasteiger partial charge in [-0.3, -0.25) is 14.5 Å². The molecule has 0 spiro atoms. The van der Waals surface area contributed by atoms with E-state index in [1.54, 1.807) is 42.5 Å². The number of nitrogens with one attached hydrogen (secondary N) is 2. The first-order valence-electron chi connectivity index (χ1n) is 8.85. The number of ether oxygens (including phenoxy) is 1. The Morgan fingerprint density at radius 3 is 2.25 bits per heavy atom. The van der Waals surface area contributed by atoms with E-state index in [1.165, 1.54) is 6.92 Å². The summed E-state index contributed by atoms with van der Waals surface area (Å²) < 4.78 is 5.67. The summed E-state index contributed by atoms with van der Waals surface area (Å²) in [5.74, 6) is 0.293. The van der Waals surface area contributed by atoms with E-state index >= 15 is 0 Å². The quantitative estimate of drug-likeness (QED) is 0.630. The van der Waals surface area contributed by atoms with E-state index < -0.39 is 0 Å². The van der Waals surface area contributed by atoms with Gasteiger partial charge in [0.25, 0.3) is 0 Å². The van der Waals surface area contributed by atoms with Gasteiger partial charge in [-0.1, -0.05) is 30.1 Å². The molecule has 2 aromatic rings. The molecule has 0 radical (unpaired) electrons. The number of halogens is 2. The normalized spacial score (nSPS) is 10.6. The number of carbonyl (C=O) groups is 2. The average Bonchev–Trinajstić information content (AvgIpc) is 2.63. The summed E-state index contributed by atoms with van der Waals surface area (Å²) in [5.41, 5.74) is 1.35. The number of carbonyl (C=O) groups excluding carboxylic acids is 2. The number of rotatable bonds is 9. The number of amides is 2. The number of anilines is 2.